The van der Waals surface area contributed by atoms with Crippen LogP contribution in [0.15, 0.2) is 72.1 Å². The minimum absolute atomic E-state index is 0.0182. The Hall–Kier alpha value is -3.12. The zero-order valence-electron chi connectivity index (χ0n) is 18.7. The van der Waals surface area contributed by atoms with Crippen LogP contribution in [0.3, 0.4) is 0 Å². The van der Waals surface area contributed by atoms with Gasteiger partial charge in [-0.2, -0.15) is 0 Å². The van der Waals surface area contributed by atoms with Crippen LogP contribution in [0.1, 0.15) is 40.9 Å². The molecule has 3 aromatic rings. The fourth-order valence-corrected chi connectivity index (χ4v) is 4.80. The molecule has 0 bridgehead atoms. The van der Waals surface area contributed by atoms with Gasteiger partial charge >= 0.3 is 0 Å². The first kappa shape index (κ1) is 23.1. The van der Waals surface area contributed by atoms with E-state index in [9.17, 15) is 9.59 Å². The third kappa shape index (κ3) is 6.93. The molecule has 2 amide bonds. The number of para-hydroxylation sites is 1. The smallest absolute Gasteiger partial charge is 0.253 e. The van der Waals surface area contributed by atoms with Crippen molar-refractivity contribution < 1.29 is 14.3 Å². The molecule has 0 aliphatic carbocycles. The van der Waals surface area contributed by atoms with Crippen molar-refractivity contribution in [3.05, 3.63) is 82.6 Å². The molecule has 4 rings (SSSR count). The second-order valence-corrected chi connectivity index (χ2v) is 9.45. The largest absolute Gasteiger partial charge is 0.493 e. The summed E-state index contributed by atoms with van der Waals surface area (Å²) in [5.74, 6) is 1.34. The lowest BCUT2D eigenvalue weighted by molar-refractivity contribution is -0.116. The third-order valence-electron chi connectivity index (χ3n) is 5.93. The predicted octanol–water partition coefficient (Wildman–Crippen LogP) is 5.64. The molecule has 1 aliphatic heterocycles. The highest BCUT2D eigenvalue weighted by Gasteiger charge is 2.24. The number of carbonyl (C=O) groups excluding carboxylic acids is 2. The molecule has 2 heterocycles. The van der Waals surface area contributed by atoms with E-state index in [1.54, 1.807) is 17.4 Å². The van der Waals surface area contributed by atoms with Gasteiger partial charge in [-0.05, 0) is 73.4 Å². The highest BCUT2D eigenvalue weighted by atomic mass is 32.1. The Morgan fingerprint density at radius 1 is 1.00 bits per heavy atom. The van der Waals surface area contributed by atoms with Gasteiger partial charge in [-0.25, -0.2) is 0 Å². The number of ether oxygens (including phenoxy) is 1. The number of piperidine rings is 1. The van der Waals surface area contributed by atoms with Crippen molar-refractivity contribution in [3.63, 3.8) is 0 Å². The number of aryl methyl sites for hydroxylation is 1. The molecule has 1 saturated heterocycles. The molecule has 6 heteroatoms. The predicted molar refractivity (Wildman–Crippen MR) is 133 cm³/mol. The monoisotopic (exact) mass is 462 g/mol. The number of nitrogens with one attached hydrogen (secondary N) is 1. The van der Waals surface area contributed by atoms with Gasteiger partial charge in [0.1, 0.15) is 5.75 Å². The van der Waals surface area contributed by atoms with Gasteiger partial charge in [-0.1, -0.05) is 30.3 Å². The van der Waals surface area contributed by atoms with Crippen LogP contribution in [0.4, 0.5) is 5.69 Å². The number of anilines is 1. The number of rotatable bonds is 9. The number of hydrogen-bond donors (Lipinski definition) is 1. The molecular formula is C27H30N2O3S. The van der Waals surface area contributed by atoms with Crippen molar-refractivity contribution in [2.45, 2.75) is 32.1 Å². The number of hydrogen-bond acceptors (Lipinski definition) is 4. The van der Waals surface area contributed by atoms with E-state index in [1.165, 1.54) is 4.88 Å². The van der Waals surface area contributed by atoms with E-state index < -0.39 is 0 Å². The van der Waals surface area contributed by atoms with Crippen molar-refractivity contribution in [2.24, 2.45) is 5.92 Å². The first-order valence-corrected chi connectivity index (χ1v) is 12.4. The maximum atomic E-state index is 13.0. The van der Waals surface area contributed by atoms with Crippen LogP contribution in [0, 0.1) is 5.92 Å². The van der Waals surface area contributed by atoms with E-state index in [0.29, 0.717) is 30.2 Å². The normalized spacial score (nSPS) is 14.1. The number of nitrogens with zero attached hydrogens (tertiary/aromatic N) is 1. The van der Waals surface area contributed by atoms with Crippen LogP contribution in [0.5, 0.6) is 5.75 Å². The summed E-state index contributed by atoms with van der Waals surface area (Å²) >= 11 is 1.72. The van der Waals surface area contributed by atoms with E-state index in [0.717, 1.165) is 44.5 Å². The molecule has 1 fully saturated rings. The van der Waals surface area contributed by atoms with Gasteiger partial charge in [0, 0.05) is 35.6 Å². The number of carbonyl (C=O) groups is 2. The summed E-state index contributed by atoms with van der Waals surface area (Å²) < 4.78 is 5.88. The molecular weight excluding hydrogens is 432 g/mol. The maximum absolute atomic E-state index is 13.0. The van der Waals surface area contributed by atoms with Crippen molar-refractivity contribution in [1.29, 1.82) is 0 Å². The van der Waals surface area contributed by atoms with Crippen LogP contribution in [-0.4, -0.2) is 36.4 Å². The molecule has 33 heavy (non-hydrogen) atoms. The maximum Gasteiger partial charge on any atom is 0.253 e. The number of amides is 2. The fourth-order valence-electron chi connectivity index (χ4n) is 4.05. The topological polar surface area (TPSA) is 58.6 Å². The lowest BCUT2D eigenvalue weighted by atomic mass is 9.97. The van der Waals surface area contributed by atoms with E-state index in [-0.39, 0.29) is 11.8 Å². The second kappa shape index (κ2) is 11.7. The molecule has 2 aromatic carbocycles. The Balaban J connectivity index is 1.22. The van der Waals surface area contributed by atoms with Crippen LogP contribution in [0.2, 0.25) is 0 Å². The molecule has 0 radical (unpaired) electrons. The first-order valence-electron chi connectivity index (χ1n) is 11.6. The molecule has 5 nitrogen and oxygen atoms in total. The highest BCUT2D eigenvalue weighted by molar-refractivity contribution is 7.09. The molecule has 172 valence electrons. The van der Waals surface area contributed by atoms with E-state index in [2.05, 4.69) is 16.8 Å². The second-order valence-electron chi connectivity index (χ2n) is 8.42. The average molecular weight is 463 g/mol. The lowest BCUT2D eigenvalue weighted by Crippen LogP contribution is -2.39. The average Bonchev–Trinajstić information content (AvgIpc) is 3.37. The van der Waals surface area contributed by atoms with Gasteiger partial charge in [-0.15, -0.1) is 11.3 Å². The van der Waals surface area contributed by atoms with E-state index in [4.69, 9.17) is 4.74 Å². The third-order valence-corrected chi connectivity index (χ3v) is 6.87. The molecule has 0 saturated carbocycles. The summed E-state index contributed by atoms with van der Waals surface area (Å²) in [5, 5.41) is 4.99. The molecule has 1 aliphatic rings. The lowest BCUT2D eigenvalue weighted by Gasteiger charge is -2.32. The Labute approximate surface area is 199 Å². The van der Waals surface area contributed by atoms with Gasteiger partial charge in [0.15, 0.2) is 0 Å². The van der Waals surface area contributed by atoms with Gasteiger partial charge < -0.3 is 15.0 Å². The van der Waals surface area contributed by atoms with Gasteiger partial charge in [0.2, 0.25) is 5.91 Å². The molecule has 0 atom stereocenters. The van der Waals surface area contributed by atoms with Crippen LogP contribution in [0.25, 0.3) is 0 Å². The highest BCUT2D eigenvalue weighted by Crippen LogP contribution is 2.22. The van der Waals surface area contributed by atoms with Crippen molar-refractivity contribution in [2.75, 3.05) is 25.0 Å². The summed E-state index contributed by atoms with van der Waals surface area (Å²) in [7, 11) is 0. The first-order chi connectivity index (χ1) is 16.2. The van der Waals surface area contributed by atoms with Crippen molar-refractivity contribution in [1.82, 2.24) is 4.90 Å². The summed E-state index contributed by atoms with van der Waals surface area (Å²) in [6.45, 7) is 2.13. The number of likely N-dealkylation sites (tertiary alicyclic amines) is 1. The van der Waals surface area contributed by atoms with Gasteiger partial charge in [0.05, 0.1) is 6.61 Å². The van der Waals surface area contributed by atoms with E-state index >= 15 is 0 Å². The summed E-state index contributed by atoms with van der Waals surface area (Å²) in [5.41, 5.74) is 1.29. The fraction of sp³-hybridized carbons (Fsp3) is 0.333. The molecule has 1 aromatic heterocycles. The Morgan fingerprint density at radius 2 is 1.82 bits per heavy atom. The quantitative estimate of drug-likeness (QED) is 0.448. The Kier molecular flexibility index (Phi) is 8.14. The summed E-state index contributed by atoms with van der Waals surface area (Å²) in [4.78, 5) is 28.5. The standard InChI is InChI=1S/C27H30N2O3S/c30-26(13-5-11-25-12-6-18-33-25)28-23-8-4-7-22(19-23)27(31)29-16-14-21(15-17-29)20-32-24-9-2-1-3-10-24/h1-4,6-10,12,18-19,21H,5,11,13-17,20H2,(H,28,30). The van der Waals surface area contributed by atoms with Crippen LogP contribution >= 0.6 is 11.3 Å². The summed E-state index contributed by atoms with van der Waals surface area (Å²) in [6.07, 6.45) is 4.05. The minimum atomic E-state index is -0.0182. The number of thiophene rings is 1. The van der Waals surface area contributed by atoms with E-state index in [1.807, 2.05) is 59.5 Å². The van der Waals surface area contributed by atoms with Crippen molar-refractivity contribution in [3.8, 4) is 5.75 Å². The molecule has 0 spiro atoms. The van der Waals surface area contributed by atoms with Crippen LogP contribution in [-0.2, 0) is 11.2 Å². The summed E-state index contributed by atoms with van der Waals surface area (Å²) in [6, 6.07) is 21.2. The van der Waals surface area contributed by atoms with Crippen LogP contribution < -0.4 is 10.1 Å². The zero-order valence-corrected chi connectivity index (χ0v) is 19.6. The van der Waals surface area contributed by atoms with Gasteiger partial charge in [0.25, 0.3) is 5.91 Å². The molecule has 0 unspecified atom stereocenters. The molecule has 1 N–H and O–H groups in total. The minimum Gasteiger partial charge on any atom is -0.493 e. The number of benzene rings is 2. The SMILES string of the molecule is O=C(CCCc1cccs1)Nc1cccc(C(=O)N2CCC(COc3ccccc3)CC2)c1. The Bertz CT molecular complexity index is 1030. The van der Waals surface area contributed by atoms with Crippen molar-refractivity contribution >= 4 is 28.8 Å². The van der Waals surface area contributed by atoms with Gasteiger partial charge in [-0.3, -0.25) is 9.59 Å². The zero-order chi connectivity index (χ0) is 22.9. The Morgan fingerprint density at radius 3 is 2.58 bits per heavy atom.